The monoisotopic (exact) mass is 204 g/mol. The Morgan fingerprint density at radius 3 is 2.67 bits per heavy atom. The molecule has 2 aliphatic heterocycles. The van der Waals surface area contributed by atoms with Gasteiger partial charge < -0.3 is 15.8 Å². The third kappa shape index (κ3) is 0.934. The van der Waals surface area contributed by atoms with Gasteiger partial charge in [0.25, 0.3) is 0 Å². The normalized spacial score (nSPS) is 43.1. The van der Waals surface area contributed by atoms with Gasteiger partial charge in [-0.25, -0.2) is 0 Å². The molecule has 0 bridgehead atoms. The van der Waals surface area contributed by atoms with Crippen LogP contribution in [0.2, 0.25) is 0 Å². The SMILES string of the molecule is CC1OC2NC(N)=C(C#N)C2(C#N)C1C. The van der Waals surface area contributed by atoms with Gasteiger partial charge in [0.05, 0.1) is 17.7 Å². The van der Waals surface area contributed by atoms with E-state index in [1.807, 2.05) is 19.9 Å². The van der Waals surface area contributed by atoms with E-state index >= 15 is 0 Å². The maximum absolute atomic E-state index is 9.32. The average molecular weight is 204 g/mol. The summed E-state index contributed by atoms with van der Waals surface area (Å²) in [5, 5.41) is 21.2. The molecule has 0 spiro atoms. The van der Waals surface area contributed by atoms with Gasteiger partial charge in [0.2, 0.25) is 0 Å². The molecule has 3 N–H and O–H groups in total. The second-order valence-electron chi connectivity index (χ2n) is 4.04. The summed E-state index contributed by atoms with van der Waals surface area (Å²) in [5.41, 5.74) is 5.06. The molecule has 1 saturated heterocycles. The second kappa shape index (κ2) is 2.88. The van der Waals surface area contributed by atoms with Crippen LogP contribution in [0.5, 0.6) is 0 Å². The summed E-state index contributed by atoms with van der Waals surface area (Å²) >= 11 is 0. The van der Waals surface area contributed by atoms with Crippen LogP contribution < -0.4 is 11.1 Å². The van der Waals surface area contributed by atoms with Crippen LogP contribution in [0.15, 0.2) is 11.4 Å². The quantitative estimate of drug-likeness (QED) is 0.586. The van der Waals surface area contributed by atoms with Crippen molar-refractivity contribution >= 4 is 0 Å². The smallest absolute Gasteiger partial charge is 0.153 e. The fraction of sp³-hybridized carbons (Fsp3) is 0.600. The highest BCUT2D eigenvalue weighted by atomic mass is 16.5. The molecule has 0 aromatic heterocycles. The Balaban J connectivity index is 2.57. The maximum Gasteiger partial charge on any atom is 0.153 e. The number of nitrogens with two attached hydrogens (primary N) is 1. The summed E-state index contributed by atoms with van der Waals surface area (Å²) in [7, 11) is 0. The van der Waals surface area contributed by atoms with Gasteiger partial charge in [0.1, 0.15) is 17.3 Å². The zero-order valence-electron chi connectivity index (χ0n) is 8.61. The highest BCUT2D eigenvalue weighted by Gasteiger charge is 2.60. The molecule has 15 heavy (non-hydrogen) atoms. The highest BCUT2D eigenvalue weighted by molar-refractivity contribution is 5.46. The van der Waals surface area contributed by atoms with Crippen LogP contribution in [-0.2, 0) is 4.74 Å². The highest BCUT2D eigenvalue weighted by Crippen LogP contribution is 2.50. The Bertz CT molecular complexity index is 416. The maximum atomic E-state index is 9.32. The Morgan fingerprint density at radius 2 is 2.13 bits per heavy atom. The summed E-state index contributed by atoms with van der Waals surface area (Å²) in [6, 6.07) is 4.22. The lowest BCUT2D eigenvalue weighted by molar-refractivity contribution is 0.0272. The largest absolute Gasteiger partial charge is 0.385 e. The van der Waals surface area contributed by atoms with Crippen LogP contribution in [0, 0.1) is 34.0 Å². The number of fused-ring (bicyclic) bond motifs is 1. The Hall–Kier alpha value is -1.72. The summed E-state index contributed by atoms with van der Waals surface area (Å²) in [4.78, 5) is 0. The first-order valence-electron chi connectivity index (χ1n) is 4.81. The molecule has 0 radical (unpaired) electrons. The van der Waals surface area contributed by atoms with Crippen LogP contribution >= 0.6 is 0 Å². The molecule has 5 heteroatoms. The zero-order chi connectivity index (χ0) is 11.2. The topological polar surface area (TPSA) is 94.9 Å². The number of hydrogen-bond donors (Lipinski definition) is 2. The minimum Gasteiger partial charge on any atom is -0.385 e. The van der Waals surface area contributed by atoms with Gasteiger partial charge in [-0.1, -0.05) is 6.92 Å². The van der Waals surface area contributed by atoms with Gasteiger partial charge in [0, 0.05) is 5.92 Å². The molecule has 5 nitrogen and oxygen atoms in total. The number of ether oxygens (including phenoxy) is 1. The zero-order valence-corrected chi connectivity index (χ0v) is 8.61. The van der Waals surface area contributed by atoms with Gasteiger partial charge in [-0.05, 0) is 6.92 Å². The number of hydrogen-bond acceptors (Lipinski definition) is 5. The van der Waals surface area contributed by atoms with Crippen molar-refractivity contribution in [3.63, 3.8) is 0 Å². The predicted molar refractivity (Wildman–Crippen MR) is 51.5 cm³/mol. The fourth-order valence-corrected chi connectivity index (χ4v) is 2.36. The van der Waals surface area contributed by atoms with E-state index in [-0.39, 0.29) is 17.8 Å². The molecular weight excluding hydrogens is 192 g/mol. The van der Waals surface area contributed by atoms with E-state index in [0.29, 0.717) is 5.57 Å². The molecule has 4 unspecified atom stereocenters. The third-order valence-corrected chi connectivity index (χ3v) is 3.45. The van der Waals surface area contributed by atoms with Gasteiger partial charge in [-0.15, -0.1) is 0 Å². The molecule has 0 amide bonds. The van der Waals surface area contributed by atoms with Crippen LogP contribution in [0.1, 0.15) is 13.8 Å². The van der Waals surface area contributed by atoms with Crippen molar-refractivity contribution in [1.29, 1.82) is 10.5 Å². The standard InChI is InChI=1S/C10H12N4O/c1-5-6(2)15-9-10(5,4-12)7(3-11)8(13)14-9/h5-6,9,14H,13H2,1-2H3. The third-order valence-electron chi connectivity index (χ3n) is 3.45. The van der Waals surface area contributed by atoms with Gasteiger partial charge >= 0.3 is 0 Å². The van der Waals surface area contributed by atoms with Crippen molar-refractivity contribution in [1.82, 2.24) is 5.32 Å². The molecule has 78 valence electrons. The summed E-state index contributed by atoms with van der Waals surface area (Å²) < 4.78 is 5.59. The van der Waals surface area contributed by atoms with Crippen molar-refractivity contribution in [2.24, 2.45) is 17.1 Å². The molecule has 1 fully saturated rings. The molecule has 0 aliphatic carbocycles. The van der Waals surface area contributed by atoms with Crippen LogP contribution in [0.3, 0.4) is 0 Å². The van der Waals surface area contributed by atoms with E-state index in [1.54, 1.807) is 0 Å². The number of nitrogens with zero attached hydrogens (tertiary/aromatic N) is 2. The van der Waals surface area contributed by atoms with Crippen molar-refractivity contribution in [2.75, 3.05) is 0 Å². The summed E-state index contributed by atoms with van der Waals surface area (Å²) in [5.74, 6) is 0.221. The summed E-state index contributed by atoms with van der Waals surface area (Å²) in [6.07, 6.45) is -0.541. The van der Waals surface area contributed by atoms with Gasteiger partial charge in [0.15, 0.2) is 6.23 Å². The minimum atomic E-state index is -0.918. The van der Waals surface area contributed by atoms with Crippen LogP contribution in [0.25, 0.3) is 0 Å². The first-order valence-corrected chi connectivity index (χ1v) is 4.81. The Kier molecular flexibility index (Phi) is 1.89. The van der Waals surface area contributed by atoms with E-state index in [1.165, 1.54) is 0 Å². The first-order chi connectivity index (χ1) is 7.07. The summed E-state index contributed by atoms with van der Waals surface area (Å²) in [6.45, 7) is 3.81. The molecule has 2 rings (SSSR count). The molecule has 0 aromatic carbocycles. The van der Waals surface area contributed by atoms with E-state index in [0.717, 1.165) is 0 Å². The van der Waals surface area contributed by atoms with E-state index in [2.05, 4.69) is 11.4 Å². The second-order valence-corrected chi connectivity index (χ2v) is 4.04. The molecule has 2 heterocycles. The number of nitrogens with one attached hydrogen (secondary N) is 1. The van der Waals surface area contributed by atoms with Gasteiger partial charge in [-0.2, -0.15) is 10.5 Å². The molecular formula is C10H12N4O. The van der Waals surface area contributed by atoms with Gasteiger partial charge in [-0.3, -0.25) is 0 Å². The number of rotatable bonds is 0. The predicted octanol–water partition coefficient (Wildman–Crippen LogP) is 0.174. The van der Waals surface area contributed by atoms with Crippen molar-refractivity contribution < 1.29 is 4.74 Å². The van der Waals surface area contributed by atoms with Crippen molar-refractivity contribution in [2.45, 2.75) is 26.2 Å². The Morgan fingerprint density at radius 1 is 1.47 bits per heavy atom. The lowest BCUT2D eigenvalue weighted by Gasteiger charge is -2.23. The first kappa shape index (κ1) is 9.82. The molecule has 4 atom stereocenters. The lowest BCUT2D eigenvalue weighted by atomic mass is 9.72. The number of nitriles is 2. The Labute approximate surface area is 88.1 Å². The minimum absolute atomic E-state index is 0.0456. The van der Waals surface area contributed by atoms with Crippen molar-refractivity contribution in [3.05, 3.63) is 11.4 Å². The fourth-order valence-electron chi connectivity index (χ4n) is 2.36. The molecule has 0 saturated carbocycles. The lowest BCUT2D eigenvalue weighted by Crippen LogP contribution is -2.37. The van der Waals surface area contributed by atoms with Crippen LogP contribution in [0.4, 0.5) is 0 Å². The molecule has 0 aromatic rings. The van der Waals surface area contributed by atoms with E-state index in [9.17, 15) is 5.26 Å². The van der Waals surface area contributed by atoms with Crippen molar-refractivity contribution in [3.8, 4) is 12.1 Å². The van der Waals surface area contributed by atoms with E-state index < -0.39 is 11.6 Å². The molecule has 2 aliphatic rings. The average Bonchev–Trinajstić information content (AvgIpc) is 2.60. The van der Waals surface area contributed by atoms with E-state index in [4.69, 9.17) is 15.7 Å². The van der Waals surface area contributed by atoms with Crippen LogP contribution in [-0.4, -0.2) is 12.3 Å².